The summed E-state index contributed by atoms with van der Waals surface area (Å²) in [5.74, 6) is 0.784. The zero-order chi connectivity index (χ0) is 16.1. The Kier molecular flexibility index (Phi) is 5.63. The molecule has 1 aromatic carbocycles. The first-order chi connectivity index (χ1) is 11.1. The Morgan fingerprint density at radius 1 is 1.04 bits per heavy atom. The molecule has 23 heavy (non-hydrogen) atoms. The Labute approximate surface area is 142 Å². The van der Waals surface area contributed by atoms with Gasteiger partial charge in [0.25, 0.3) is 0 Å². The van der Waals surface area contributed by atoms with Gasteiger partial charge in [-0.3, -0.25) is 0 Å². The molecule has 0 aromatic heterocycles. The largest absolute Gasteiger partial charge is 0.385 e. The summed E-state index contributed by atoms with van der Waals surface area (Å²) in [4.78, 5) is 2.59. The van der Waals surface area contributed by atoms with E-state index < -0.39 is 0 Å². The summed E-state index contributed by atoms with van der Waals surface area (Å²) in [7, 11) is 0. The van der Waals surface area contributed by atoms with Crippen molar-refractivity contribution in [2.75, 3.05) is 31.5 Å². The van der Waals surface area contributed by atoms with Gasteiger partial charge in [0.1, 0.15) is 0 Å². The van der Waals surface area contributed by atoms with Gasteiger partial charge in [-0.25, -0.2) is 0 Å². The molecule has 1 saturated carbocycles. The lowest BCUT2D eigenvalue weighted by molar-refractivity contribution is 0.224. The van der Waals surface area contributed by atoms with Crippen LogP contribution in [0.1, 0.15) is 70.3 Å². The van der Waals surface area contributed by atoms with E-state index in [2.05, 4.69) is 48.3 Å². The molecule has 0 atom stereocenters. The first kappa shape index (κ1) is 16.8. The first-order valence-corrected chi connectivity index (χ1v) is 9.69. The van der Waals surface area contributed by atoms with Gasteiger partial charge in [0.2, 0.25) is 0 Å². The lowest BCUT2D eigenvalue weighted by Crippen LogP contribution is -2.22. The van der Waals surface area contributed by atoms with Gasteiger partial charge in [-0.1, -0.05) is 26.0 Å². The van der Waals surface area contributed by atoms with Crippen LogP contribution in [0.15, 0.2) is 24.3 Å². The topological polar surface area (TPSA) is 15.3 Å². The average Bonchev–Trinajstić information content (AvgIpc) is 3.06. The number of rotatable bonds is 6. The number of nitrogens with one attached hydrogen (secondary N) is 1. The van der Waals surface area contributed by atoms with E-state index in [1.165, 1.54) is 70.3 Å². The SMILES string of the molecule is CC1(C)CCC(c2ccc(NCCCN3CCCC3)cc2)CC1. The third-order valence-electron chi connectivity index (χ3n) is 5.90. The van der Waals surface area contributed by atoms with Gasteiger partial charge in [0.15, 0.2) is 0 Å². The molecule has 2 nitrogen and oxygen atoms in total. The second kappa shape index (κ2) is 7.70. The number of hydrogen-bond donors (Lipinski definition) is 1. The van der Waals surface area contributed by atoms with Crippen molar-refractivity contribution in [2.24, 2.45) is 5.41 Å². The molecular weight excluding hydrogens is 280 g/mol. The van der Waals surface area contributed by atoms with Crippen LogP contribution in [0.25, 0.3) is 0 Å². The maximum atomic E-state index is 3.59. The average molecular weight is 315 g/mol. The van der Waals surface area contributed by atoms with Crippen LogP contribution in [0.2, 0.25) is 0 Å². The molecular formula is C21H34N2. The summed E-state index contributed by atoms with van der Waals surface area (Å²) < 4.78 is 0. The van der Waals surface area contributed by atoms with Gasteiger partial charge < -0.3 is 10.2 Å². The number of hydrogen-bond acceptors (Lipinski definition) is 2. The lowest BCUT2D eigenvalue weighted by Gasteiger charge is -2.34. The van der Waals surface area contributed by atoms with Crippen LogP contribution in [0.3, 0.4) is 0 Å². The molecule has 0 radical (unpaired) electrons. The molecule has 0 bridgehead atoms. The summed E-state index contributed by atoms with van der Waals surface area (Å²) in [6.45, 7) is 9.80. The predicted octanol–water partition coefficient (Wildman–Crippen LogP) is 5.27. The van der Waals surface area contributed by atoms with Gasteiger partial charge in [0, 0.05) is 12.2 Å². The second-order valence-electron chi connectivity index (χ2n) is 8.39. The smallest absolute Gasteiger partial charge is 0.0340 e. The minimum Gasteiger partial charge on any atom is -0.385 e. The van der Waals surface area contributed by atoms with Crippen LogP contribution >= 0.6 is 0 Å². The molecule has 1 heterocycles. The summed E-state index contributed by atoms with van der Waals surface area (Å²) >= 11 is 0. The Balaban J connectivity index is 1.40. The predicted molar refractivity (Wildman–Crippen MR) is 100 cm³/mol. The molecule has 2 aliphatic rings. The third kappa shape index (κ3) is 4.97. The van der Waals surface area contributed by atoms with Gasteiger partial charge in [0.05, 0.1) is 0 Å². The summed E-state index contributed by atoms with van der Waals surface area (Å²) in [6.07, 6.45) is 9.49. The van der Waals surface area contributed by atoms with Crippen LogP contribution < -0.4 is 5.32 Å². The maximum Gasteiger partial charge on any atom is 0.0340 e. The number of likely N-dealkylation sites (tertiary alicyclic amines) is 1. The van der Waals surface area contributed by atoms with E-state index in [4.69, 9.17) is 0 Å². The van der Waals surface area contributed by atoms with E-state index in [9.17, 15) is 0 Å². The highest BCUT2D eigenvalue weighted by Crippen LogP contribution is 2.42. The highest BCUT2D eigenvalue weighted by atomic mass is 15.1. The van der Waals surface area contributed by atoms with E-state index in [0.717, 1.165) is 12.5 Å². The van der Waals surface area contributed by atoms with Crippen molar-refractivity contribution in [1.29, 1.82) is 0 Å². The van der Waals surface area contributed by atoms with Crippen molar-refractivity contribution in [1.82, 2.24) is 4.90 Å². The van der Waals surface area contributed by atoms with Crippen molar-refractivity contribution >= 4 is 5.69 Å². The standard InChI is InChI=1S/C21H34N2/c1-21(2)12-10-19(11-13-21)18-6-8-20(9-7-18)22-14-5-17-23-15-3-4-16-23/h6-9,19,22H,3-5,10-17H2,1-2H3. The van der Waals surface area contributed by atoms with Crippen molar-refractivity contribution in [3.8, 4) is 0 Å². The first-order valence-electron chi connectivity index (χ1n) is 9.69. The number of benzene rings is 1. The normalized spacial score (nSPS) is 22.3. The van der Waals surface area contributed by atoms with Crippen LogP contribution in [0.5, 0.6) is 0 Å². The van der Waals surface area contributed by atoms with Gasteiger partial charge in [-0.2, -0.15) is 0 Å². The molecule has 0 amide bonds. The molecule has 1 N–H and O–H groups in total. The fourth-order valence-electron chi connectivity index (χ4n) is 4.15. The Hall–Kier alpha value is -1.02. The van der Waals surface area contributed by atoms with E-state index in [1.54, 1.807) is 5.56 Å². The van der Waals surface area contributed by atoms with Crippen LogP contribution in [0, 0.1) is 5.41 Å². The van der Waals surface area contributed by atoms with Crippen molar-refractivity contribution in [2.45, 2.75) is 64.7 Å². The van der Waals surface area contributed by atoms with Crippen LogP contribution in [-0.2, 0) is 0 Å². The molecule has 0 unspecified atom stereocenters. The van der Waals surface area contributed by atoms with E-state index in [-0.39, 0.29) is 0 Å². The van der Waals surface area contributed by atoms with Gasteiger partial charge in [-0.15, -0.1) is 0 Å². The molecule has 3 rings (SSSR count). The van der Waals surface area contributed by atoms with Crippen molar-refractivity contribution < 1.29 is 0 Å². The maximum absolute atomic E-state index is 3.59. The third-order valence-corrected chi connectivity index (χ3v) is 5.90. The zero-order valence-electron chi connectivity index (χ0n) is 15.1. The minimum atomic E-state index is 0.563. The van der Waals surface area contributed by atoms with Crippen molar-refractivity contribution in [3.05, 3.63) is 29.8 Å². The number of nitrogens with zero attached hydrogens (tertiary/aromatic N) is 1. The van der Waals surface area contributed by atoms with E-state index in [1.807, 2.05) is 0 Å². The minimum absolute atomic E-state index is 0.563. The summed E-state index contributed by atoms with van der Waals surface area (Å²) in [6, 6.07) is 9.27. The summed E-state index contributed by atoms with van der Waals surface area (Å²) in [5, 5.41) is 3.59. The molecule has 1 aliphatic carbocycles. The van der Waals surface area contributed by atoms with E-state index >= 15 is 0 Å². The van der Waals surface area contributed by atoms with Crippen LogP contribution in [-0.4, -0.2) is 31.1 Å². The highest BCUT2D eigenvalue weighted by molar-refractivity contribution is 5.45. The lowest BCUT2D eigenvalue weighted by atomic mass is 9.71. The second-order valence-corrected chi connectivity index (χ2v) is 8.39. The molecule has 1 saturated heterocycles. The van der Waals surface area contributed by atoms with E-state index in [0.29, 0.717) is 5.41 Å². The van der Waals surface area contributed by atoms with Crippen molar-refractivity contribution in [3.63, 3.8) is 0 Å². The molecule has 128 valence electrons. The molecule has 0 spiro atoms. The van der Waals surface area contributed by atoms with Gasteiger partial charge >= 0.3 is 0 Å². The molecule has 1 aliphatic heterocycles. The fraction of sp³-hybridized carbons (Fsp3) is 0.714. The quantitative estimate of drug-likeness (QED) is 0.720. The monoisotopic (exact) mass is 314 g/mol. The summed E-state index contributed by atoms with van der Waals surface area (Å²) in [5.41, 5.74) is 3.39. The fourth-order valence-corrected chi connectivity index (χ4v) is 4.15. The van der Waals surface area contributed by atoms with Crippen LogP contribution in [0.4, 0.5) is 5.69 Å². The Morgan fingerprint density at radius 2 is 1.70 bits per heavy atom. The molecule has 1 aromatic rings. The molecule has 2 fully saturated rings. The highest BCUT2D eigenvalue weighted by Gasteiger charge is 2.27. The number of anilines is 1. The Morgan fingerprint density at radius 3 is 2.35 bits per heavy atom. The molecule has 2 heteroatoms. The zero-order valence-corrected chi connectivity index (χ0v) is 15.1. The van der Waals surface area contributed by atoms with Gasteiger partial charge in [-0.05, 0) is 93.6 Å². The Bertz CT molecular complexity index is 461.